The molecule has 3 aromatic rings. The highest BCUT2D eigenvalue weighted by Gasteiger charge is 2.19. The number of halogens is 1. The monoisotopic (exact) mass is 384 g/mol. The third kappa shape index (κ3) is 4.45. The van der Waals surface area contributed by atoms with Gasteiger partial charge in [0, 0.05) is 16.8 Å². The number of nitrogens with zero attached hydrogens (tertiary/aromatic N) is 2. The first-order valence-corrected chi connectivity index (χ1v) is 8.60. The minimum Gasteiger partial charge on any atom is -0.449 e. The van der Waals surface area contributed by atoms with Gasteiger partial charge in [0.1, 0.15) is 5.69 Å². The van der Waals surface area contributed by atoms with Crippen molar-refractivity contribution in [1.82, 2.24) is 20.6 Å². The molecular weight excluding hydrogens is 368 g/mol. The van der Waals surface area contributed by atoms with Crippen LogP contribution in [0.15, 0.2) is 60.8 Å². The number of carbonyl (C=O) groups is 2. The maximum atomic E-state index is 12.6. The molecule has 7 nitrogen and oxygen atoms in total. The fourth-order valence-electron chi connectivity index (χ4n) is 2.42. The molecule has 3 rings (SSSR count). The molecule has 0 radical (unpaired) electrons. The van der Waals surface area contributed by atoms with Crippen LogP contribution in [0.4, 0.5) is 4.79 Å². The molecule has 27 heavy (non-hydrogen) atoms. The molecule has 2 aromatic carbocycles. The summed E-state index contributed by atoms with van der Waals surface area (Å²) >= 11 is 5.95. The van der Waals surface area contributed by atoms with E-state index in [4.69, 9.17) is 16.3 Å². The zero-order chi connectivity index (χ0) is 19.2. The van der Waals surface area contributed by atoms with Gasteiger partial charge in [-0.3, -0.25) is 10.2 Å². The van der Waals surface area contributed by atoms with Gasteiger partial charge in [0.25, 0.3) is 5.91 Å². The number of rotatable bonds is 4. The van der Waals surface area contributed by atoms with Gasteiger partial charge < -0.3 is 4.74 Å². The SMILES string of the molecule is CCOC(=O)NNC(=O)c1cn(-c2ccccc2)nc1-c1ccc(Cl)cc1. The third-order valence-corrected chi connectivity index (χ3v) is 3.90. The molecule has 0 saturated carbocycles. The lowest BCUT2D eigenvalue weighted by atomic mass is 10.1. The van der Waals surface area contributed by atoms with E-state index >= 15 is 0 Å². The predicted molar refractivity (Wildman–Crippen MR) is 102 cm³/mol. The number of ether oxygens (including phenoxy) is 1. The minimum atomic E-state index is -0.741. The van der Waals surface area contributed by atoms with Gasteiger partial charge in [-0.05, 0) is 31.2 Å². The van der Waals surface area contributed by atoms with E-state index in [1.807, 2.05) is 30.3 Å². The van der Waals surface area contributed by atoms with Crippen molar-refractivity contribution < 1.29 is 14.3 Å². The van der Waals surface area contributed by atoms with Gasteiger partial charge in [0.15, 0.2) is 0 Å². The smallest absolute Gasteiger partial charge is 0.426 e. The Balaban J connectivity index is 1.95. The standard InChI is InChI=1S/C19H17ClN4O3/c1-2-27-19(26)22-21-18(25)16-12-24(15-6-4-3-5-7-15)23-17(16)13-8-10-14(20)11-9-13/h3-12H,2H2,1H3,(H,21,25)(H,22,26). The molecule has 138 valence electrons. The molecular formula is C19H17ClN4O3. The Morgan fingerprint density at radius 1 is 1.07 bits per heavy atom. The van der Waals surface area contributed by atoms with Gasteiger partial charge in [-0.1, -0.05) is 41.9 Å². The summed E-state index contributed by atoms with van der Waals surface area (Å²) in [5, 5.41) is 5.11. The lowest BCUT2D eigenvalue weighted by Crippen LogP contribution is -2.42. The zero-order valence-corrected chi connectivity index (χ0v) is 15.2. The van der Waals surface area contributed by atoms with Crippen LogP contribution in [0.1, 0.15) is 17.3 Å². The van der Waals surface area contributed by atoms with Crippen molar-refractivity contribution in [2.75, 3.05) is 6.61 Å². The first-order chi connectivity index (χ1) is 13.1. The number of amides is 2. The van der Waals surface area contributed by atoms with Crippen LogP contribution in [0.3, 0.4) is 0 Å². The quantitative estimate of drug-likeness (QED) is 0.673. The van der Waals surface area contributed by atoms with Gasteiger partial charge in [-0.25, -0.2) is 14.9 Å². The fourth-order valence-corrected chi connectivity index (χ4v) is 2.54. The first-order valence-electron chi connectivity index (χ1n) is 8.22. The van der Waals surface area contributed by atoms with Crippen LogP contribution >= 0.6 is 11.6 Å². The van der Waals surface area contributed by atoms with Crippen molar-refractivity contribution in [3.05, 3.63) is 71.4 Å². The summed E-state index contributed by atoms with van der Waals surface area (Å²) in [5.41, 5.74) is 6.79. The van der Waals surface area contributed by atoms with Crippen molar-refractivity contribution in [1.29, 1.82) is 0 Å². The number of hydrazine groups is 1. The lowest BCUT2D eigenvalue weighted by Gasteiger charge is -2.07. The van der Waals surface area contributed by atoms with Crippen LogP contribution in [-0.2, 0) is 4.74 Å². The van der Waals surface area contributed by atoms with Crippen LogP contribution in [0.25, 0.3) is 16.9 Å². The summed E-state index contributed by atoms with van der Waals surface area (Å²) < 4.78 is 6.33. The molecule has 1 aromatic heterocycles. The average Bonchev–Trinajstić information content (AvgIpc) is 3.13. The molecule has 1 heterocycles. The normalized spacial score (nSPS) is 10.3. The van der Waals surface area contributed by atoms with Gasteiger partial charge in [-0.15, -0.1) is 0 Å². The van der Waals surface area contributed by atoms with Crippen LogP contribution < -0.4 is 10.9 Å². The van der Waals surface area contributed by atoms with E-state index < -0.39 is 12.0 Å². The number of para-hydroxylation sites is 1. The molecule has 0 aliphatic rings. The van der Waals surface area contributed by atoms with Crippen LogP contribution in [-0.4, -0.2) is 28.4 Å². The summed E-state index contributed by atoms with van der Waals surface area (Å²) in [5.74, 6) is -0.518. The van der Waals surface area contributed by atoms with Gasteiger partial charge >= 0.3 is 6.09 Å². The number of carbonyl (C=O) groups excluding carboxylic acids is 2. The highest BCUT2D eigenvalue weighted by molar-refractivity contribution is 6.30. The van der Waals surface area contributed by atoms with E-state index in [9.17, 15) is 9.59 Å². The predicted octanol–water partition coefficient (Wildman–Crippen LogP) is 3.58. The third-order valence-electron chi connectivity index (χ3n) is 3.65. The minimum absolute atomic E-state index is 0.198. The maximum absolute atomic E-state index is 12.6. The molecule has 0 saturated heterocycles. The average molecular weight is 385 g/mol. The Hall–Kier alpha value is -3.32. The Bertz CT molecular complexity index is 939. The van der Waals surface area contributed by atoms with E-state index in [2.05, 4.69) is 16.0 Å². The second-order valence-electron chi connectivity index (χ2n) is 5.48. The highest BCUT2D eigenvalue weighted by atomic mass is 35.5. The number of benzene rings is 2. The topological polar surface area (TPSA) is 85.3 Å². The Labute approximate surface area is 160 Å². The Morgan fingerprint density at radius 3 is 2.44 bits per heavy atom. The Kier molecular flexibility index (Phi) is 5.73. The molecule has 0 unspecified atom stereocenters. The van der Waals surface area contributed by atoms with Gasteiger partial charge in [0.2, 0.25) is 0 Å². The van der Waals surface area contributed by atoms with Crippen molar-refractivity contribution >= 4 is 23.6 Å². The van der Waals surface area contributed by atoms with Crippen LogP contribution in [0, 0.1) is 0 Å². The summed E-state index contributed by atoms with van der Waals surface area (Å²) in [6.07, 6.45) is 0.857. The molecule has 0 bridgehead atoms. The summed E-state index contributed by atoms with van der Waals surface area (Å²) in [4.78, 5) is 24.0. The lowest BCUT2D eigenvalue weighted by molar-refractivity contribution is 0.0913. The van der Waals surface area contributed by atoms with E-state index in [1.165, 1.54) is 0 Å². The van der Waals surface area contributed by atoms with Gasteiger partial charge in [0.05, 0.1) is 17.9 Å². The summed E-state index contributed by atoms with van der Waals surface area (Å²) in [7, 11) is 0. The molecule has 8 heteroatoms. The molecule has 0 atom stereocenters. The molecule has 2 N–H and O–H groups in total. The Morgan fingerprint density at radius 2 is 1.78 bits per heavy atom. The molecule has 0 aliphatic heterocycles. The number of aromatic nitrogens is 2. The second kappa shape index (κ2) is 8.37. The second-order valence-corrected chi connectivity index (χ2v) is 5.91. The molecule has 0 spiro atoms. The number of hydrogen-bond donors (Lipinski definition) is 2. The van der Waals surface area contributed by atoms with Crippen molar-refractivity contribution in [2.45, 2.75) is 6.92 Å². The highest BCUT2D eigenvalue weighted by Crippen LogP contribution is 2.25. The number of nitrogens with one attached hydrogen (secondary N) is 2. The van der Waals surface area contributed by atoms with Crippen LogP contribution in [0.5, 0.6) is 0 Å². The first kappa shape index (κ1) is 18.5. The molecule has 0 aliphatic carbocycles. The van der Waals surface area contributed by atoms with Crippen LogP contribution in [0.2, 0.25) is 5.02 Å². The molecule has 2 amide bonds. The van der Waals surface area contributed by atoms with E-state index in [0.29, 0.717) is 10.7 Å². The summed E-state index contributed by atoms with van der Waals surface area (Å²) in [6, 6.07) is 16.4. The fraction of sp³-hybridized carbons (Fsp3) is 0.105. The van der Waals surface area contributed by atoms with Crippen molar-refractivity contribution in [2.24, 2.45) is 0 Å². The largest absolute Gasteiger partial charge is 0.449 e. The van der Waals surface area contributed by atoms with E-state index in [1.54, 1.807) is 42.1 Å². The van der Waals surface area contributed by atoms with Gasteiger partial charge in [-0.2, -0.15) is 5.10 Å². The van der Waals surface area contributed by atoms with Crippen molar-refractivity contribution in [3.63, 3.8) is 0 Å². The maximum Gasteiger partial charge on any atom is 0.426 e. The van der Waals surface area contributed by atoms with Crippen molar-refractivity contribution in [3.8, 4) is 16.9 Å². The molecule has 0 fully saturated rings. The van der Waals surface area contributed by atoms with E-state index in [-0.39, 0.29) is 12.2 Å². The summed E-state index contributed by atoms with van der Waals surface area (Å²) in [6.45, 7) is 1.87. The zero-order valence-electron chi connectivity index (χ0n) is 14.5. The van der Waals surface area contributed by atoms with E-state index in [0.717, 1.165) is 11.3 Å². The number of hydrogen-bond acceptors (Lipinski definition) is 4.